The summed E-state index contributed by atoms with van der Waals surface area (Å²) in [5, 5.41) is 5.23. The molecule has 1 amide bonds. The third-order valence-corrected chi connectivity index (χ3v) is 5.38. The third kappa shape index (κ3) is 4.55. The van der Waals surface area contributed by atoms with Crippen molar-refractivity contribution in [1.82, 2.24) is 4.98 Å². The topological polar surface area (TPSA) is 51.2 Å². The van der Waals surface area contributed by atoms with Crippen LogP contribution < -0.4 is 10.1 Å². The van der Waals surface area contributed by atoms with Crippen LogP contribution in [0, 0.1) is 12.7 Å². The standard InChI is InChI=1S/C24H19FN2O2S/c1-16-10-12-18(13-11-16)26-23(28)21-15-30-24(27-21)19-7-3-5-9-22(19)29-14-17-6-2-4-8-20(17)25/h2-13,15H,14H2,1H3,(H,26,28). The average Bonchev–Trinajstić information content (AvgIpc) is 3.25. The van der Waals surface area contributed by atoms with Crippen LogP contribution >= 0.6 is 11.3 Å². The van der Waals surface area contributed by atoms with Crippen LogP contribution in [0.1, 0.15) is 21.6 Å². The van der Waals surface area contributed by atoms with Gasteiger partial charge in [-0.25, -0.2) is 9.37 Å². The molecule has 0 unspecified atom stereocenters. The van der Waals surface area contributed by atoms with Gasteiger partial charge in [0.1, 0.15) is 28.9 Å². The molecular formula is C24H19FN2O2S. The first-order valence-electron chi connectivity index (χ1n) is 9.39. The Labute approximate surface area is 178 Å². The second-order valence-corrected chi connectivity index (χ2v) is 7.59. The van der Waals surface area contributed by atoms with Gasteiger partial charge in [0.05, 0.1) is 5.56 Å². The van der Waals surface area contributed by atoms with Gasteiger partial charge in [-0.3, -0.25) is 4.79 Å². The molecule has 1 heterocycles. The molecule has 150 valence electrons. The lowest BCUT2D eigenvalue weighted by molar-refractivity contribution is 0.102. The number of nitrogens with zero attached hydrogens (tertiary/aromatic N) is 1. The Hall–Kier alpha value is -3.51. The van der Waals surface area contributed by atoms with Gasteiger partial charge >= 0.3 is 0 Å². The summed E-state index contributed by atoms with van der Waals surface area (Å²) in [5.41, 5.74) is 3.40. The number of carbonyl (C=O) groups is 1. The Morgan fingerprint density at radius 1 is 1.03 bits per heavy atom. The molecule has 4 nitrogen and oxygen atoms in total. The number of para-hydroxylation sites is 1. The number of anilines is 1. The largest absolute Gasteiger partial charge is 0.488 e. The van der Waals surface area contributed by atoms with Crippen LogP contribution in [0.15, 0.2) is 78.2 Å². The molecule has 0 saturated carbocycles. The summed E-state index contributed by atoms with van der Waals surface area (Å²) >= 11 is 1.36. The highest BCUT2D eigenvalue weighted by molar-refractivity contribution is 7.13. The van der Waals surface area contributed by atoms with Crippen molar-refractivity contribution in [2.75, 3.05) is 5.32 Å². The molecule has 0 aliphatic rings. The number of thiazole rings is 1. The lowest BCUT2D eigenvalue weighted by Crippen LogP contribution is -2.12. The Balaban J connectivity index is 1.51. The van der Waals surface area contributed by atoms with Gasteiger partial charge in [0.25, 0.3) is 5.91 Å². The molecule has 0 spiro atoms. The first-order valence-corrected chi connectivity index (χ1v) is 10.3. The molecule has 0 saturated heterocycles. The minimum absolute atomic E-state index is 0.107. The van der Waals surface area contributed by atoms with Crippen molar-refractivity contribution in [3.8, 4) is 16.3 Å². The quantitative estimate of drug-likeness (QED) is 0.412. The molecule has 0 radical (unpaired) electrons. The van der Waals surface area contributed by atoms with E-state index in [1.54, 1.807) is 23.6 Å². The number of aromatic nitrogens is 1. The molecule has 0 fully saturated rings. The molecule has 0 bridgehead atoms. The van der Waals surface area contributed by atoms with Gasteiger partial charge in [0.15, 0.2) is 0 Å². The van der Waals surface area contributed by atoms with Crippen LogP contribution in [0.3, 0.4) is 0 Å². The lowest BCUT2D eigenvalue weighted by atomic mass is 10.2. The van der Waals surface area contributed by atoms with Crippen LogP contribution in [0.25, 0.3) is 10.6 Å². The number of benzene rings is 3. The molecule has 1 aromatic heterocycles. The summed E-state index contributed by atoms with van der Waals surface area (Å²) < 4.78 is 19.7. The van der Waals surface area contributed by atoms with Crippen LogP contribution in [0.2, 0.25) is 0 Å². The van der Waals surface area contributed by atoms with E-state index < -0.39 is 0 Å². The zero-order valence-corrected chi connectivity index (χ0v) is 17.1. The number of carbonyl (C=O) groups excluding carboxylic acids is 1. The fourth-order valence-corrected chi connectivity index (χ4v) is 3.70. The normalized spacial score (nSPS) is 10.6. The summed E-state index contributed by atoms with van der Waals surface area (Å²) in [6, 6.07) is 21.5. The van der Waals surface area contributed by atoms with Crippen molar-refractivity contribution in [3.63, 3.8) is 0 Å². The zero-order chi connectivity index (χ0) is 20.9. The van der Waals surface area contributed by atoms with E-state index >= 15 is 0 Å². The number of halogens is 1. The molecule has 4 aromatic rings. The van der Waals surface area contributed by atoms with Gasteiger partial charge in [-0.2, -0.15) is 0 Å². The van der Waals surface area contributed by atoms with Gasteiger partial charge in [0.2, 0.25) is 0 Å². The number of aryl methyl sites for hydroxylation is 1. The second-order valence-electron chi connectivity index (χ2n) is 6.73. The van der Waals surface area contributed by atoms with Gasteiger partial charge in [-0.1, -0.05) is 48.0 Å². The minimum atomic E-state index is -0.306. The fraction of sp³-hybridized carbons (Fsp3) is 0.0833. The maximum absolute atomic E-state index is 13.9. The Morgan fingerprint density at radius 3 is 2.57 bits per heavy atom. The second kappa shape index (κ2) is 8.88. The van der Waals surface area contributed by atoms with Crippen LogP contribution in [0.4, 0.5) is 10.1 Å². The van der Waals surface area contributed by atoms with Crippen molar-refractivity contribution in [2.45, 2.75) is 13.5 Å². The maximum Gasteiger partial charge on any atom is 0.275 e. The number of hydrogen-bond acceptors (Lipinski definition) is 4. The molecule has 1 N–H and O–H groups in total. The van der Waals surface area contributed by atoms with Crippen molar-refractivity contribution in [1.29, 1.82) is 0 Å². The predicted octanol–water partition coefficient (Wildman–Crippen LogP) is 6.09. The van der Waals surface area contributed by atoms with Crippen LogP contribution in [0.5, 0.6) is 5.75 Å². The van der Waals surface area contributed by atoms with Gasteiger partial charge in [-0.15, -0.1) is 11.3 Å². The molecular weight excluding hydrogens is 399 g/mol. The van der Waals surface area contributed by atoms with E-state index in [1.165, 1.54) is 17.4 Å². The predicted molar refractivity (Wildman–Crippen MR) is 117 cm³/mol. The van der Waals surface area contributed by atoms with Crippen molar-refractivity contribution in [2.24, 2.45) is 0 Å². The Morgan fingerprint density at radius 2 is 1.77 bits per heavy atom. The first kappa shape index (κ1) is 19.8. The number of rotatable bonds is 6. The SMILES string of the molecule is Cc1ccc(NC(=O)c2csc(-c3ccccc3OCc3ccccc3F)n2)cc1. The molecule has 0 atom stereocenters. The number of ether oxygens (including phenoxy) is 1. The Bertz CT molecular complexity index is 1170. The highest BCUT2D eigenvalue weighted by Gasteiger charge is 2.15. The molecule has 6 heteroatoms. The fourth-order valence-electron chi connectivity index (χ4n) is 2.87. The van der Waals surface area contributed by atoms with Gasteiger partial charge in [-0.05, 0) is 37.3 Å². The third-order valence-electron chi connectivity index (χ3n) is 4.50. The monoisotopic (exact) mass is 418 g/mol. The van der Waals surface area contributed by atoms with E-state index in [0.717, 1.165) is 11.1 Å². The maximum atomic E-state index is 13.9. The summed E-state index contributed by atoms with van der Waals surface area (Å²) in [7, 11) is 0. The summed E-state index contributed by atoms with van der Waals surface area (Å²) in [6.07, 6.45) is 0. The number of nitrogens with one attached hydrogen (secondary N) is 1. The zero-order valence-electron chi connectivity index (χ0n) is 16.3. The van der Waals surface area contributed by atoms with Crippen molar-refractivity contribution in [3.05, 3.63) is 101 Å². The first-order chi connectivity index (χ1) is 14.6. The molecule has 30 heavy (non-hydrogen) atoms. The van der Waals surface area contributed by atoms with E-state index in [9.17, 15) is 9.18 Å². The smallest absolute Gasteiger partial charge is 0.275 e. The number of amides is 1. The highest BCUT2D eigenvalue weighted by Crippen LogP contribution is 2.33. The van der Waals surface area contributed by atoms with Gasteiger partial charge < -0.3 is 10.1 Å². The summed E-state index contributed by atoms with van der Waals surface area (Å²) in [5.74, 6) is 0.00555. The lowest BCUT2D eigenvalue weighted by Gasteiger charge is -2.10. The van der Waals surface area contributed by atoms with Crippen LogP contribution in [-0.2, 0) is 6.61 Å². The Kier molecular flexibility index (Phi) is 5.86. The van der Waals surface area contributed by atoms with E-state index in [2.05, 4.69) is 10.3 Å². The summed E-state index contributed by atoms with van der Waals surface area (Å²) in [6.45, 7) is 2.10. The summed E-state index contributed by atoms with van der Waals surface area (Å²) in [4.78, 5) is 17.0. The van der Waals surface area contributed by atoms with E-state index in [0.29, 0.717) is 27.7 Å². The average molecular weight is 418 g/mol. The van der Waals surface area contributed by atoms with Crippen molar-refractivity contribution < 1.29 is 13.9 Å². The minimum Gasteiger partial charge on any atom is -0.488 e. The molecule has 3 aromatic carbocycles. The van der Waals surface area contributed by atoms with E-state index in [1.807, 2.05) is 55.5 Å². The van der Waals surface area contributed by atoms with E-state index in [4.69, 9.17) is 4.74 Å². The molecule has 4 rings (SSSR count). The van der Waals surface area contributed by atoms with Crippen LogP contribution in [-0.4, -0.2) is 10.9 Å². The van der Waals surface area contributed by atoms with E-state index in [-0.39, 0.29) is 18.3 Å². The highest BCUT2D eigenvalue weighted by atomic mass is 32.1. The van der Waals surface area contributed by atoms with Crippen molar-refractivity contribution >= 4 is 22.9 Å². The van der Waals surface area contributed by atoms with Gasteiger partial charge in [0, 0.05) is 16.6 Å². The molecule has 0 aliphatic carbocycles. The molecule has 0 aliphatic heterocycles. The number of hydrogen-bond donors (Lipinski definition) is 1.